The molecule has 0 aliphatic heterocycles. The number of aromatic amines is 1. The molecule has 2 N–H and O–H groups in total. The second kappa shape index (κ2) is 2.57. The molecule has 0 spiro atoms. The van der Waals surface area contributed by atoms with E-state index in [9.17, 15) is 9.59 Å². The molecule has 0 saturated carbocycles. The lowest BCUT2D eigenvalue weighted by Crippen LogP contribution is -2.11. The van der Waals surface area contributed by atoms with Crippen LogP contribution in [0.2, 0.25) is 0 Å². The van der Waals surface area contributed by atoms with Gasteiger partial charge in [-0.2, -0.15) is 0 Å². The van der Waals surface area contributed by atoms with Gasteiger partial charge in [0.1, 0.15) is 5.69 Å². The van der Waals surface area contributed by atoms with Gasteiger partial charge < -0.3 is 10.1 Å². The van der Waals surface area contributed by atoms with Gasteiger partial charge in [0.25, 0.3) is 0 Å². The predicted molar refractivity (Wildman–Crippen MR) is 38.8 cm³/mol. The van der Waals surface area contributed by atoms with Crippen molar-refractivity contribution in [3.8, 4) is 0 Å². The van der Waals surface area contributed by atoms with Crippen LogP contribution in [0.15, 0.2) is 16.9 Å². The standard InChI is InChI=1S/C7H7NO3/c1-4-2-5(7(10)11)8-6(9)3-4/h2-3H,1H3,(H,8,9)(H,10,11). The van der Waals surface area contributed by atoms with Gasteiger partial charge in [0.05, 0.1) is 0 Å². The Morgan fingerprint density at radius 3 is 2.64 bits per heavy atom. The number of aromatic nitrogens is 1. The highest BCUT2D eigenvalue weighted by atomic mass is 16.4. The quantitative estimate of drug-likeness (QED) is 0.612. The number of aryl methyl sites for hydroxylation is 1. The Hall–Kier alpha value is -1.58. The van der Waals surface area contributed by atoms with Crippen molar-refractivity contribution >= 4 is 5.97 Å². The van der Waals surface area contributed by atoms with E-state index in [1.54, 1.807) is 6.92 Å². The van der Waals surface area contributed by atoms with Crippen LogP contribution in [0.1, 0.15) is 16.1 Å². The minimum atomic E-state index is -1.12. The Labute approximate surface area is 62.5 Å². The van der Waals surface area contributed by atoms with Crippen molar-refractivity contribution in [3.63, 3.8) is 0 Å². The first-order valence-corrected chi connectivity index (χ1v) is 3.04. The zero-order valence-corrected chi connectivity index (χ0v) is 5.92. The van der Waals surface area contributed by atoms with Crippen molar-refractivity contribution in [3.05, 3.63) is 33.7 Å². The molecule has 0 atom stereocenters. The lowest BCUT2D eigenvalue weighted by molar-refractivity contribution is 0.0690. The number of H-pyrrole nitrogens is 1. The minimum absolute atomic E-state index is 0.0741. The van der Waals surface area contributed by atoms with Crippen LogP contribution in [0.5, 0.6) is 0 Å². The van der Waals surface area contributed by atoms with E-state index in [0.717, 1.165) is 0 Å². The fourth-order valence-corrected chi connectivity index (χ4v) is 0.796. The third-order valence-corrected chi connectivity index (χ3v) is 1.22. The van der Waals surface area contributed by atoms with E-state index in [1.165, 1.54) is 12.1 Å². The highest BCUT2D eigenvalue weighted by molar-refractivity contribution is 5.85. The Bertz CT molecular complexity index is 340. The van der Waals surface area contributed by atoms with Gasteiger partial charge in [-0.1, -0.05) is 0 Å². The van der Waals surface area contributed by atoms with Crippen molar-refractivity contribution in [2.75, 3.05) is 0 Å². The number of rotatable bonds is 1. The monoisotopic (exact) mass is 153 g/mol. The molecule has 0 aromatic carbocycles. The molecule has 0 unspecified atom stereocenters. The largest absolute Gasteiger partial charge is 0.477 e. The maximum absolute atomic E-state index is 10.7. The summed E-state index contributed by atoms with van der Waals surface area (Å²) in [6.45, 7) is 1.67. The molecular weight excluding hydrogens is 146 g/mol. The zero-order valence-electron chi connectivity index (χ0n) is 5.92. The summed E-state index contributed by atoms with van der Waals surface area (Å²) in [5.74, 6) is -1.12. The van der Waals surface area contributed by atoms with Gasteiger partial charge in [-0.3, -0.25) is 4.79 Å². The van der Waals surface area contributed by atoms with E-state index < -0.39 is 5.97 Å². The molecule has 1 aromatic heterocycles. The van der Waals surface area contributed by atoms with Gasteiger partial charge >= 0.3 is 5.97 Å². The zero-order chi connectivity index (χ0) is 8.43. The fourth-order valence-electron chi connectivity index (χ4n) is 0.796. The topological polar surface area (TPSA) is 70.2 Å². The number of carbonyl (C=O) groups is 1. The summed E-state index contributed by atoms with van der Waals surface area (Å²) in [6, 6.07) is 2.75. The number of carboxylic acids is 1. The second-order valence-corrected chi connectivity index (χ2v) is 2.24. The van der Waals surface area contributed by atoms with Crippen LogP contribution in [-0.2, 0) is 0 Å². The van der Waals surface area contributed by atoms with Crippen LogP contribution < -0.4 is 5.56 Å². The summed E-state index contributed by atoms with van der Waals surface area (Å²) >= 11 is 0. The van der Waals surface area contributed by atoms with E-state index in [1.807, 2.05) is 0 Å². The van der Waals surface area contributed by atoms with E-state index in [2.05, 4.69) is 4.98 Å². The smallest absolute Gasteiger partial charge is 0.352 e. The Morgan fingerprint density at radius 1 is 1.55 bits per heavy atom. The van der Waals surface area contributed by atoms with Crippen LogP contribution in [0.25, 0.3) is 0 Å². The van der Waals surface area contributed by atoms with E-state index in [4.69, 9.17) is 5.11 Å². The SMILES string of the molecule is Cc1cc(C(=O)O)[nH]c(=O)c1. The molecule has 0 saturated heterocycles. The first-order chi connectivity index (χ1) is 5.09. The van der Waals surface area contributed by atoms with Crippen molar-refractivity contribution in [2.45, 2.75) is 6.92 Å². The Morgan fingerprint density at radius 2 is 2.18 bits per heavy atom. The first-order valence-electron chi connectivity index (χ1n) is 3.04. The molecule has 11 heavy (non-hydrogen) atoms. The Kier molecular flexibility index (Phi) is 1.76. The highest BCUT2D eigenvalue weighted by Crippen LogP contribution is 1.95. The predicted octanol–water partition coefficient (Wildman–Crippen LogP) is 0.382. The molecule has 0 fully saturated rings. The summed E-state index contributed by atoms with van der Waals surface area (Å²) < 4.78 is 0. The van der Waals surface area contributed by atoms with Crippen molar-refractivity contribution < 1.29 is 9.90 Å². The number of nitrogens with one attached hydrogen (secondary N) is 1. The first kappa shape index (κ1) is 7.53. The van der Waals surface area contributed by atoms with Crippen LogP contribution >= 0.6 is 0 Å². The molecule has 1 rings (SSSR count). The second-order valence-electron chi connectivity index (χ2n) is 2.24. The third kappa shape index (κ3) is 1.67. The van der Waals surface area contributed by atoms with Gasteiger partial charge in [-0.15, -0.1) is 0 Å². The summed E-state index contributed by atoms with van der Waals surface area (Å²) in [7, 11) is 0. The van der Waals surface area contributed by atoms with Crippen LogP contribution in [0.4, 0.5) is 0 Å². The lowest BCUT2D eigenvalue weighted by atomic mass is 10.2. The van der Waals surface area contributed by atoms with Crippen molar-refractivity contribution in [2.24, 2.45) is 0 Å². The normalized spacial score (nSPS) is 9.55. The molecule has 0 aliphatic rings. The Balaban J connectivity index is 3.30. The number of hydrogen-bond donors (Lipinski definition) is 2. The maximum atomic E-state index is 10.7. The third-order valence-electron chi connectivity index (χ3n) is 1.22. The van der Waals surface area contributed by atoms with Gasteiger partial charge in [0.15, 0.2) is 0 Å². The molecule has 4 heteroatoms. The number of pyridine rings is 1. The van der Waals surface area contributed by atoms with Gasteiger partial charge in [0, 0.05) is 6.07 Å². The molecule has 1 aromatic rings. The van der Waals surface area contributed by atoms with Crippen molar-refractivity contribution in [1.29, 1.82) is 0 Å². The summed E-state index contributed by atoms with van der Waals surface area (Å²) in [5, 5.41) is 8.46. The highest BCUT2D eigenvalue weighted by Gasteiger charge is 2.02. The number of aromatic carboxylic acids is 1. The van der Waals surface area contributed by atoms with E-state index in [0.29, 0.717) is 5.56 Å². The molecule has 1 heterocycles. The van der Waals surface area contributed by atoms with Gasteiger partial charge in [-0.25, -0.2) is 4.79 Å². The average molecular weight is 153 g/mol. The van der Waals surface area contributed by atoms with Crippen LogP contribution in [0, 0.1) is 6.92 Å². The summed E-state index contributed by atoms with van der Waals surface area (Å²) in [6.07, 6.45) is 0. The van der Waals surface area contributed by atoms with Crippen LogP contribution in [0.3, 0.4) is 0 Å². The molecule has 4 nitrogen and oxygen atoms in total. The van der Waals surface area contributed by atoms with E-state index >= 15 is 0 Å². The molecule has 0 radical (unpaired) electrons. The van der Waals surface area contributed by atoms with Gasteiger partial charge in [-0.05, 0) is 18.6 Å². The molecular formula is C7H7NO3. The van der Waals surface area contributed by atoms with E-state index in [-0.39, 0.29) is 11.3 Å². The molecule has 0 amide bonds. The summed E-state index contributed by atoms with van der Waals surface area (Å²) in [4.78, 5) is 23.2. The van der Waals surface area contributed by atoms with Crippen molar-refractivity contribution in [1.82, 2.24) is 4.98 Å². The minimum Gasteiger partial charge on any atom is -0.477 e. The molecule has 0 aliphatic carbocycles. The van der Waals surface area contributed by atoms with Gasteiger partial charge in [0.2, 0.25) is 5.56 Å². The molecule has 58 valence electrons. The molecule has 0 bridgehead atoms. The average Bonchev–Trinajstić information content (AvgIpc) is 1.85. The number of hydrogen-bond acceptors (Lipinski definition) is 2. The number of carboxylic acid groups (broad SMARTS) is 1. The summed E-state index contributed by atoms with van der Waals surface area (Å²) in [5.41, 5.74) is 0.184. The van der Waals surface area contributed by atoms with Crippen LogP contribution in [-0.4, -0.2) is 16.1 Å². The fraction of sp³-hybridized carbons (Fsp3) is 0.143. The maximum Gasteiger partial charge on any atom is 0.352 e. The lowest BCUT2D eigenvalue weighted by Gasteiger charge is -1.94.